The lowest BCUT2D eigenvalue weighted by atomic mass is 10.0. The normalized spacial score (nSPS) is 12.7. The van der Waals surface area contributed by atoms with Gasteiger partial charge in [0, 0.05) is 5.56 Å². The Morgan fingerprint density at radius 2 is 1.61 bits per heavy atom. The Morgan fingerprint density at radius 1 is 0.964 bits per heavy atom. The van der Waals surface area contributed by atoms with E-state index >= 15 is 0 Å². The van der Waals surface area contributed by atoms with Crippen molar-refractivity contribution >= 4 is 5.97 Å². The number of alkyl halides is 3. The first-order valence-electron chi connectivity index (χ1n) is 9.04. The predicted octanol–water partition coefficient (Wildman–Crippen LogP) is 6.47. The average Bonchev–Trinajstić information content (AvgIpc) is 2.64. The van der Waals surface area contributed by atoms with Crippen LogP contribution in [0.5, 0.6) is 5.75 Å². The average molecular weight is 400 g/mol. The minimum atomic E-state index is -4.82. The number of halogens is 5. The second kappa shape index (κ2) is 9.17. The zero-order valence-corrected chi connectivity index (χ0v) is 15.6. The third-order valence-corrected chi connectivity index (χ3v) is 4.32. The maximum Gasteiger partial charge on any atom is 0.402 e. The molecule has 0 aliphatic rings. The van der Waals surface area contributed by atoms with Crippen LogP contribution in [0.25, 0.3) is 11.1 Å². The molecule has 28 heavy (non-hydrogen) atoms. The Kier molecular flexibility index (Phi) is 7.16. The molecule has 2 nitrogen and oxygen atoms in total. The molecule has 0 amide bonds. The van der Waals surface area contributed by atoms with Crippen molar-refractivity contribution in [1.29, 1.82) is 0 Å². The van der Waals surface area contributed by atoms with Gasteiger partial charge in [-0.15, -0.1) is 0 Å². The summed E-state index contributed by atoms with van der Waals surface area (Å²) < 4.78 is 72.1. The highest BCUT2D eigenvalue weighted by Gasteiger charge is 2.45. The Bertz CT molecular complexity index is 813. The summed E-state index contributed by atoms with van der Waals surface area (Å²) in [5.41, 5.74) is 1.39. The number of hydrogen-bond donors (Lipinski definition) is 0. The number of ether oxygens (including phenoxy) is 1. The van der Waals surface area contributed by atoms with Crippen molar-refractivity contribution in [2.75, 3.05) is 0 Å². The van der Waals surface area contributed by atoms with E-state index in [1.807, 2.05) is 6.92 Å². The fourth-order valence-electron chi connectivity index (χ4n) is 2.86. The molecule has 0 spiro atoms. The first-order chi connectivity index (χ1) is 13.2. The number of aryl methyl sites for hydroxylation is 1. The van der Waals surface area contributed by atoms with Crippen molar-refractivity contribution in [1.82, 2.24) is 0 Å². The molecule has 0 aliphatic heterocycles. The van der Waals surface area contributed by atoms with Gasteiger partial charge < -0.3 is 4.74 Å². The summed E-state index contributed by atoms with van der Waals surface area (Å²) in [7, 11) is 0. The van der Waals surface area contributed by atoms with E-state index in [0.29, 0.717) is 5.56 Å². The molecule has 0 fully saturated rings. The Balaban J connectivity index is 2.27. The lowest BCUT2D eigenvalue weighted by Crippen LogP contribution is -2.34. The van der Waals surface area contributed by atoms with Crippen molar-refractivity contribution in [3.63, 3.8) is 0 Å². The number of rotatable bonds is 7. The lowest BCUT2D eigenvalue weighted by Gasteiger charge is -2.18. The van der Waals surface area contributed by atoms with E-state index in [4.69, 9.17) is 0 Å². The van der Waals surface area contributed by atoms with E-state index in [0.717, 1.165) is 24.5 Å². The fourth-order valence-corrected chi connectivity index (χ4v) is 2.86. The van der Waals surface area contributed by atoms with Gasteiger partial charge in [-0.25, -0.2) is 4.39 Å². The third kappa shape index (κ3) is 5.09. The van der Waals surface area contributed by atoms with Crippen LogP contribution in [0.1, 0.15) is 38.7 Å². The van der Waals surface area contributed by atoms with Crippen LogP contribution in [0.2, 0.25) is 0 Å². The van der Waals surface area contributed by atoms with Crippen molar-refractivity contribution in [2.45, 2.75) is 45.7 Å². The zero-order valence-electron chi connectivity index (χ0n) is 15.6. The number of carbonyl (C=O) groups excluding carboxylic acids is 1. The molecule has 0 N–H and O–H groups in total. The summed E-state index contributed by atoms with van der Waals surface area (Å²) in [5, 5.41) is 0. The summed E-state index contributed by atoms with van der Waals surface area (Å²) in [6, 6.07) is 9.00. The molecule has 1 atom stereocenters. The molecular weight excluding hydrogens is 379 g/mol. The first-order valence-corrected chi connectivity index (χ1v) is 9.04. The van der Waals surface area contributed by atoms with Gasteiger partial charge in [0.25, 0.3) is 0 Å². The van der Waals surface area contributed by atoms with Gasteiger partial charge in [-0.05, 0) is 36.1 Å². The second-order valence-electron chi connectivity index (χ2n) is 6.49. The summed E-state index contributed by atoms with van der Waals surface area (Å²) in [5.74, 6) is -7.68. The van der Waals surface area contributed by atoms with Gasteiger partial charge in [-0.3, -0.25) is 4.79 Å². The first kappa shape index (κ1) is 21.9. The summed E-state index contributed by atoms with van der Waals surface area (Å²) in [4.78, 5) is 11.8. The maximum atomic E-state index is 14.4. The van der Waals surface area contributed by atoms with Gasteiger partial charge in [-0.2, -0.15) is 17.6 Å². The third-order valence-electron chi connectivity index (χ3n) is 4.32. The van der Waals surface area contributed by atoms with Gasteiger partial charge in [-0.1, -0.05) is 51.0 Å². The largest absolute Gasteiger partial charge is 0.423 e. The van der Waals surface area contributed by atoms with Crippen LogP contribution in [0, 0.1) is 17.6 Å². The summed E-state index contributed by atoms with van der Waals surface area (Å²) in [6.45, 7) is 3.50. The minimum absolute atomic E-state index is 0.0683. The number of esters is 1. The number of hydrogen-bond acceptors (Lipinski definition) is 2. The van der Waals surface area contributed by atoms with Gasteiger partial charge in [0.2, 0.25) is 5.82 Å². The van der Waals surface area contributed by atoms with Crippen LogP contribution in [0.4, 0.5) is 22.0 Å². The highest BCUT2D eigenvalue weighted by molar-refractivity contribution is 5.76. The van der Waals surface area contributed by atoms with Crippen LogP contribution >= 0.6 is 0 Å². The molecular formula is C21H21F5O2. The number of carbonyl (C=O) groups is 1. The Hall–Kier alpha value is -2.44. The molecule has 0 saturated heterocycles. The van der Waals surface area contributed by atoms with E-state index in [-0.39, 0.29) is 12.0 Å². The molecule has 152 valence electrons. The summed E-state index contributed by atoms with van der Waals surface area (Å²) >= 11 is 0. The highest BCUT2D eigenvalue weighted by atomic mass is 19.4. The molecule has 0 aliphatic carbocycles. The van der Waals surface area contributed by atoms with Crippen LogP contribution in [-0.2, 0) is 11.2 Å². The molecule has 0 saturated carbocycles. The van der Waals surface area contributed by atoms with Crippen molar-refractivity contribution in [2.24, 2.45) is 5.92 Å². The molecule has 7 heteroatoms. The van der Waals surface area contributed by atoms with Crippen molar-refractivity contribution in [3.8, 4) is 16.9 Å². The van der Waals surface area contributed by atoms with E-state index in [9.17, 15) is 26.7 Å². The van der Waals surface area contributed by atoms with Crippen LogP contribution < -0.4 is 4.74 Å². The quantitative estimate of drug-likeness (QED) is 0.303. The van der Waals surface area contributed by atoms with Gasteiger partial charge in [0.15, 0.2) is 17.5 Å². The highest BCUT2D eigenvalue weighted by Crippen LogP contribution is 2.34. The van der Waals surface area contributed by atoms with E-state index < -0.39 is 41.9 Å². The standard InChI is InChI=1S/C21H21F5O2/c1-3-5-13-7-9-14(10-8-13)15-11-12-17(19(23)18(15)22)28-20(27)16(6-4-2)21(24,25)26/h7-12,16H,3-6H2,1-2H3. The van der Waals surface area contributed by atoms with Gasteiger partial charge in [0.1, 0.15) is 0 Å². The van der Waals surface area contributed by atoms with Crippen LogP contribution in [-0.4, -0.2) is 12.1 Å². The molecule has 0 heterocycles. The van der Waals surface area contributed by atoms with Crippen LogP contribution in [0.3, 0.4) is 0 Å². The molecule has 0 radical (unpaired) electrons. The van der Waals surface area contributed by atoms with E-state index in [1.165, 1.54) is 13.0 Å². The molecule has 2 rings (SSSR count). The molecule has 0 bridgehead atoms. The smallest absolute Gasteiger partial charge is 0.402 e. The predicted molar refractivity (Wildman–Crippen MR) is 95.9 cm³/mol. The van der Waals surface area contributed by atoms with Crippen LogP contribution in [0.15, 0.2) is 36.4 Å². The summed E-state index contributed by atoms with van der Waals surface area (Å²) in [6.07, 6.45) is -3.43. The molecule has 0 aromatic heterocycles. The van der Waals surface area contributed by atoms with Gasteiger partial charge >= 0.3 is 12.1 Å². The Labute approximate surface area is 160 Å². The minimum Gasteiger partial charge on any atom is -0.423 e. The van der Waals surface area contributed by atoms with Gasteiger partial charge in [0.05, 0.1) is 0 Å². The number of benzene rings is 2. The van der Waals surface area contributed by atoms with Crippen molar-refractivity contribution in [3.05, 3.63) is 53.6 Å². The monoisotopic (exact) mass is 400 g/mol. The maximum absolute atomic E-state index is 14.4. The fraction of sp³-hybridized carbons (Fsp3) is 0.381. The molecule has 2 aromatic rings. The SMILES string of the molecule is CCCc1ccc(-c2ccc(OC(=O)C(CCC)C(F)(F)F)c(F)c2F)cc1. The van der Waals surface area contributed by atoms with E-state index in [2.05, 4.69) is 4.74 Å². The Morgan fingerprint density at radius 3 is 2.14 bits per heavy atom. The molecule has 1 unspecified atom stereocenters. The van der Waals surface area contributed by atoms with Crippen molar-refractivity contribution < 1.29 is 31.5 Å². The zero-order chi connectivity index (χ0) is 20.9. The lowest BCUT2D eigenvalue weighted by molar-refractivity contribution is -0.193. The topological polar surface area (TPSA) is 26.3 Å². The second-order valence-corrected chi connectivity index (χ2v) is 6.49. The van der Waals surface area contributed by atoms with E-state index in [1.54, 1.807) is 24.3 Å². The molecule has 2 aromatic carbocycles.